The Labute approximate surface area is 135 Å². The minimum absolute atomic E-state index is 0.0729. The molecule has 0 bridgehead atoms. The highest BCUT2D eigenvalue weighted by atomic mass is 16.5. The zero-order valence-electron chi connectivity index (χ0n) is 12.9. The molecule has 1 fully saturated rings. The maximum Gasteiger partial charge on any atom is 0.272 e. The number of carbonyl (C=O) groups is 1. The monoisotopic (exact) mass is 312 g/mol. The Bertz CT molecular complexity index is 657. The van der Waals surface area contributed by atoms with E-state index in [0.29, 0.717) is 24.6 Å². The second-order valence-electron chi connectivity index (χ2n) is 5.59. The fourth-order valence-corrected chi connectivity index (χ4v) is 2.67. The van der Waals surface area contributed by atoms with Crippen molar-refractivity contribution in [1.29, 1.82) is 0 Å². The average Bonchev–Trinajstić information content (AvgIpc) is 3.08. The summed E-state index contributed by atoms with van der Waals surface area (Å²) in [5.41, 5.74) is 6.88. The minimum atomic E-state index is -0.154. The molecule has 1 unspecified atom stereocenters. The van der Waals surface area contributed by atoms with Gasteiger partial charge in [-0.1, -0.05) is 12.1 Å². The molecule has 0 aromatic carbocycles. The summed E-state index contributed by atoms with van der Waals surface area (Å²) in [6.45, 7) is 1.72. The molecule has 120 valence electrons. The van der Waals surface area contributed by atoms with Gasteiger partial charge in [0.05, 0.1) is 18.3 Å². The topological polar surface area (TPSA) is 81.3 Å². The first kappa shape index (κ1) is 15.4. The van der Waals surface area contributed by atoms with E-state index in [4.69, 9.17) is 10.5 Å². The summed E-state index contributed by atoms with van der Waals surface area (Å²) in [5, 5.41) is 0. The van der Waals surface area contributed by atoms with Gasteiger partial charge >= 0.3 is 0 Å². The van der Waals surface area contributed by atoms with Crippen molar-refractivity contribution < 1.29 is 9.53 Å². The van der Waals surface area contributed by atoms with Crippen molar-refractivity contribution in [3.05, 3.63) is 54.0 Å². The van der Waals surface area contributed by atoms with Crippen molar-refractivity contribution in [3.8, 4) is 0 Å². The second-order valence-corrected chi connectivity index (χ2v) is 5.59. The van der Waals surface area contributed by atoms with E-state index in [2.05, 4.69) is 9.97 Å². The van der Waals surface area contributed by atoms with Crippen molar-refractivity contribution in [2.45, 2.75) is 25.5 Å². The molecule has 0 aliphatic carbocycles. The van der Waals surface area contributed by atoms with E-state index >= 15 is 0 Å². The van der Waals surface area contributed by atoms with E-state index in [1.165, 1.54) is 0 Å². The van der Waals surface area contributed by atoms with Gasteiger partial charge in [0.2, 0.25) is 0 Å². The van der Waals surface area contributed by atoms with Crippen LogP contribution in [0.5, 0.6) is 0 Å². The molecule has 1 atom stereocenters. The van der Waals surface area contributed by atoms with Crippen LogP contribution in [-0.2, 0) is 11.3 Å². The van der Waals surface area contributed by atoms with Crippen LogP contribution < -0.4 is 5.73 Å². The maximum atomic E-state index is 12.8. The van der Waals surface area contributed by atoms with E-state index in [1.807, 2.05) is 18.2 Å². The lowest BCUT2D eigenvalue weighted by molar-refractivity contribution is 0.0500. The molecule has 1 saturated heterocycles. The maximum absolute atomic E-state index is 12.8. The summed E-state index contributed by atoms with van der Waals surface area (Å²) in [6, 6.07) is 10.8. The number of amides is 1. The van der Waals surface area contributed by atoms with Crippen LogP contribution >= 0.6 is 0 Å². The fourth-order valence-electron chi connectivity index (χ4n) is 2.67. The van der Waals surface area contributed by atoms with Gasteiger partial charge in [-0.3, -0.25) is 9.78 Å². The molecule has 23 heavy (non-hydrogen) atoms. The number of pyridine rings is 2. The number of carbonyl (C=O) groups excluding carboxylic acids is 1. The lowest BCUT2D eigenvalue weighted by Gasteiger charge is -2.25. The largest absolute Gasteiger partial charge is 0.384 e. The molecule has 2 N–H and O–H groups in total. The van der Waals surface area contributed by atoms with Crippen molar-refractivity contribution in [2.24, 2.45) is 0 Å². The Morgan fingerprint density at radius 1 is 1.30 bits per heavy atom. The number of nitrogens with two attached hydrogens (primary N) is 1. The third-order valence-corrected chi connectivity index (χ3v) is 3.80. The highest BCUT2D eigenvalue weighted by Gasteiger charge is 2.24. The third-order valence-electron chi connectivity index (χ3n) is 3.80. The minimum Gasteiger partial charge on any atom is -0.384 e. The van der Waals surface area contributed by atoms with Crippen LogP contribution in [0.3, 0.4) is 0 Å². The van der Waals surface area contributed by atoms with Gasteiger partial charge in [-0.15, -0.1) is 0 Å². The van der Waals surface area contributed by atoms with E-state index in [9.17, 15) is 4.79 Å². The molecule has 2 aromatic heterocycles. The number of aromatic nitrogens is 2. The van der Waals surface area contributed by atoms with Gasteiger partial charge < -0.3 is 15.4 Å². The third kappa shape index (κ3) is 4.04. The molecule has 3 rings (SSSR count). The Hall–Kier alpha value is -2.47. The molecule has 1 amide bonds. The molecule has 3 heterocycles. The molecular weight excluding hydrogens is 292 g/mol. The van der Waals surface area contributed by atoms with Crippen molar-refractivity contribution >= 4 is 11.7 Å². The number of ether oxygens (including phenoxy) is 1. The summed E-state index contributed by atoms with van der Waals surface area (Å²) in [7, 11) is 0. The second kappa shape index (κ2) is 7.19. The van der Waals surface area contributed by atoms with Crippen molar-refractivity contribution in [2.75, 3.05) is 18.9 Å². The van der Waals surface area contributed by atoms with Gasteiger partial charge in [0.1, 0.15) is 11.5 Å². The Balaban J connectivity index is 1.79. The summed E-state index contributed by atoms with van der Waals surface area (Å²) >= 11 is 0. The number of anilines is 1. The van der Waals surface area contributed by atoms with E-state index in [0.717, 1.165) is 25.1 Å². The van der Waals surface area contributed by atoms with Crippen molar-refractivity contribution in [1.82, 2.24) is 14.9 Å². The lowest BCUT2D eigenvalue weighted by atomic mass is 10.2. The standard InChI is InChI=1S/C17H20N4O2/c18-16-8-3-7-15(20-16)17(22)21(12-14-6-4-10-23-14)11-13-5-1-2-9-19-13/h1-3,5,7-9,14H,4,6,10-12H2,(H2,18,20). The van der Waals surface area contributed by atoms with E-state index in [1.54, 1.807) is 29.3 Å². The van der Waals surface area contributed by atoms with Crippen molar-refractivity contribution in [3.63, 3.8) is 0 Å². The molecule has 6 nitrogen and oxygen atoms in total. The molecule has 1 aliphatic heterocycles. The smallest absolute Gasteiger partial charge is 0.272 e. The van der Waals surface area contributed by atoms with Gasteiger partial charge in [0, 0.05) is 19.3 Å². The average molecular weight is 312 g/mol. The first-order valence-electron chi connectivity index (χ1n) is 7.76. The Morgan fingerprint density at radius 3 is 2.91 bits per heavy atom. The SMILES string of the molecule is Nc1cccc(C(=O)N(Cc2ccccn2)CC2CCCO2)n1. The van der Waals surface area contributed by atoms with Gasteiger partial charge in [0.25, 0.3) is 5.91 Å². The highest BCUT2D eigenvalue weighted by molar-refractivity contribution is 5.92. The predicted molar refractivity (Wildman–Crippen MR) is 86.6 cm³/mol. The first-order valence-corrected chi connectivity index (χ1v) is 7.76. The van der Waals surface area contributed by atoms with Crippen LogP contribution in [0.2, 0.25) is 0 Å². The predicted octanol–water partition coefficient (Wildman–Crippen LogP) is 1.88. The van der Waals surface area contributed by atoms with Gasteiger partial charge in [-0.2, -0.15) is 0 Å². The number of nitrogens with zero attached hydrogens (tertiary/aromatic N) is 3. The zero-order valence-corrected chi connectivity index (χ0v) is 12.9. The van der Waals surface area contributed by atoms with Gasteiger partial charge in [0.15, 0.2) is 0 Å². The van der Waals surface area contributed by atoms with Crippen LogP contribution in [0.25, 0.3) is 0 Å². The van der Waals surface area contributed by atoms with E-state index < -0.39 is 0 Å². The number of rotatable bonds is 5. The van der Waals surface area contributed by atoms with Crippen LogP contribution in [0.1, 0.15) is 29.0 Å². The summed E-state index contributed by atoms with van der Waals surface area (Å²) in [5.74, 6) is 0.184. The van der Waals surface area contributed by atoms with E-state index in [-0.39, 0.29) is 12.0 Å². The number of hydrogen-bond acceptors (Lipinski definition) is 5. The quantitative estimate of drug-likeness (QED) is 0.911. The highest BCUT2D eigenvalue weighted by Crippen LogP contribution is 2.16. The first-order chi connectivity index (χ1) is 11.2. The fraction of sp³-hybridized carbons (Fsp3) is 0.353. The molecule has 2 aromatic rings. The number of hydrogen-bond donors (Lipinski definition) is 1. The molecule has 6 heteroatoms. The molecule has 0 spiro atoms. The van der Waals surface area contributed by atoms with Crippen LogP contribution in [0.15, 0.2) is 42.6 Å². The molecule has 1 aliphatic rings. The Kier molecular flexibility index (Phi) is 4.83. The molecule has 0 saturated carbocycles. The van der Waals surface area contributed by atoms with Crippen LogP contribution in [-0.4, -0.2) is 40.0 Å². The van der Waals surface area contributed by atoms with Gasteiger partial charge in [-0.05, 0) is 37.1 Å². The lowest BCUT2D eigenvalue weighted by Crippen LogP contribution is -2.37. The van der Waals surface area contributed by atoms with Crippen LogP contribution in [0, 0.1) is 0 Å². The van der Waals surface area contributed by atoms with Crippen LogP contribution in [0.4, 0.5) is 5.82 Å². The Morgan fingerprint density at radius 2 is 2.22 bits per heavy atom. The summed E-state index contributed by atoms with van der Waals surface area (Å²) < 4.78 is 5.67. The zero-order chi connectivity index (χ0) is 16.1. The summed E-state index contributed by atoms with van der Waals surface area (Å²) in [6.07, 6.45) is 3.80. The number of nitrogen functional groups attached to an aromatic ring is 1. The normalized spacial score (nSPS) is 17.1. The molecular formula is C17H20N4O2. The molecule has 0 radical (unpaired) electrons. The van der Waals surface area contributed by atoms with Gasteiger partial charge in [-0.25, -0.2) is 4.98 Å². The summed E-state index contributed by atoms with van der Waals surface area (Å²) in [4.78, 5) is 23.0.